The van der Waals surface area contributed by atoms with E-state index in [1.165, 1.54) is 101 Å². The van der Waals surface area contributed by atoms with Crippen molar-refractivity contribution >= 4 is 0 Å². The quantitative estimate of drug-likeness (QED) is 0.310. The van der Waals surface area contributed by atoms with E-state index < -0.39 is 0 Å². The Bertz CT molecular complexity index is 686. The van der Waals surface area contributed by atoms with Crippen LogP contribution in [0, 0.1) is 11.8 Å². The summed E-state index contributed by atoms with van der Waals surface area (Å²) >= 11 is 0. The Morgan fingerprint density at radius 1 is 0.500 bits per heavy atom. The molecule has 0 spiro atoms. The van der Waals surface area contributed by atoms with Gasteiger partial charge < -0.3 is 0 Å². The predicted molar refractivity (Wildman–Crippen MR) is 132 cm³/mol. The van der Waals surface area contributed by atoms with Crippen molar-refractivity contribution in [2.24, 2.45) is 11.8 Å². The van der Waals surface area contributed by atoms with Crippen molar-refractivity contribution in [3.8, 4) is 0 Å². The number of aryl methyl sites for hydroxylation is 2. The summed E-state index contributed by atoms with van der Waals surface area (Å²) in [5.74, 6) is 1.79. The van der Waals surface area contributed by atoms with Gasteiger partial charge in [-0.1, -0.05) is 88.1 Å². The Morgan fingerprint density at radius 3 is 1.33 bits per heavy atom. The van der Waals surface area contributed by atoms with Gasteiger partial charge in [0.2, 0.25) is 0 Å². The third-order valence-electron chi connectivity index (χ3n) is 7.20. The highest BCUT2D eigenvalue weighted by atomic mass is 14.3. The maximum Gasteiger partial charge on any atom is -0.0250 e. The van der Waals surface area contributed by atoms with Crippen LogP contribution in [0.25, 0.3) is 0 Å². The summed E-state index contributed by atoms with van der Waals surface area (Å²) in [6, 6.07) is 19.1. The third kappa shape index (κ3) is 7.93. The van der Waals surface area contributed by atoms with Crippen LogP contribution in [0.3, 0.4) is 0 Å². The molecule has 0 N–H and O–H groups in total. The average Bonchev–Trinajstić information content (AvgIpc) is 2.79. The van der Waals surface area contributed by atoms with Crippen LogP contribution in [-0.4, -0.2) is 0 Å². The van der Waals surface area contributed by atoms with E-state index in [-0.39, 0.29) is 0 Å². The Kier molecular flexibility index (Phi) is 10.0. The van der Waals surface area contributed by atoms with Crippen LogP contribution in [0.5, 0.6) is 0 Å². The smallest absolute Gasteiger partial charge is 0.0250 e. The fourth-order valence-corrected chi connectivity index (χ4v) is 5.13. The Hall–Kier alpha value is -1.56. The van der Waals surface area contributed by atoms with E-state index in [9.17, 15) is 0 Å². The highest BCUT2D eigenvalue weighted by molar-refractivity contribution is 5.24. The SMILES string of the molecule is CCCCCCc1ccc(C[C@H]2CC[C@H](Cc3ccc(CCCC)cc3)CC2)cc1. The van der Waals surface area contributed by atoms with Gasteiger partial charge >= 0.3 is 0 Å². The van der Waals surface area contributed by atoms with E-state index >= 15 is 0 Å². The number of hydrogen-bond acceptors (Lipinski definition) is 0. The summed E-state index contributed by atoms with van der Waals surface area (Å²) in [6.45, 7) is 4.56. The molecule has 3 rings (SSSR count). The molecule has 2 aromatic carbocycles. The van der Waals surface area contributed by atoms with E-state index in [1.807, 2.05) is 0 Å². The minimum atomic E-state index is 0.896. The number of rotatable bonds is 12. The van der Waals surface area contributed by atoms with Gasteiger partial charge in [-0.3, -0.25) is 0 Å². The van der Waals surface area contributed by atoms with Crippen molar-refractivity contribution < 1.29 is 0 Å². The molecular weight excluding hydrogens is 360 g/mol. The zero-order valence-electron chi connectivity index (χ0n) is 19.7. The normalized spacial score (nSPS) is 19.1. The molecule has 164 valence electrons. The zero-order valence-corrected chi connectivity index (χ0v) is 19.7. The molecule has 1 saturated carbocycles. The standard InChI is InChI=1S/C30H44/c1-3-5-7-8-10-26-13-17-28(18-14-26)24-30-21-19-29(20-22-30)23-27-15-11-25(12-16-27)9-6-4-2/h11-18,29-30H,3-10,19-24H2,1-2H3/t29-,30-. The van der Waals surface area contributed by atoms with E-state index in [4.69, 9.17) is 0 Å². The zero-order chi connectivity index (χ0) is 21.0. The van der Waals surface area contributed by atoms with Gasteiger partial charge in [-0.25, -0.2) is 0 Å². The van der Waals surface area contributed by atoms with Crippen LogP contribution in [0.15, 0.2) is 48.5 Å². The molecule has 0 nitrogen and oxygen atoms in total. The van der Waals surface area contributed by atoms with Gasteiger partial charge in [0.1, 0.15) is 0 Å². The third-order valence-corrected chi connectivity index (χ3v) is 7.20. The van der Waals surface area contributed by atoms with Crippen molar-refractivity contribution in [2.75, 3.05) is 0 Å². The molecule has 0 bridgehead atoms. The minimum absolute atomic E-state index is 0.896. The molecule has 1 aliphatic rings. The molecule has 2 aromatic rings. The molecule has 1 aliphatic carbocycles. The summed E-state index contributed by atoms with van der Waals surface area (Å²) in [5.41, 5.74) is 6.14. The summed E-state index contributed by atoms with van der Waals surface area (Å²) in [5, 5.41) is 0. The largest absolute Gasteiger partial charge is 0.0654 e. The number of unbranched alkanes of at least 4 members (excludes halogenated alkanes) is 4. The van der Waals surface area contributed by atoms with Gasteiger partial charge in [-0.2, -0.15) is 0 Å². The van der Waals surface area contributed by atoms with Crippen LogP contribution in [0.4, 0.5) is 0 Å². The van der Waals surface area contributed by atoms with Crippen LogP contribution < -0.4 is 0 Å². The van der Waals surface area contributed by atoms with Crippen molar-refractivity contribution in [2.45, 2.75) is 104 Å². The fraction of sp³-hybridized carbons (Fsp3) is 0.600. The lowest BCUT2D eigenvalue weighted by molar-refractivity contribution is 0.272. The highest BCUT2D eigenvalue weighted by Crippen LogP contribution is 2.33. The molecular formula is C30H44. The first kappa shape index (κ1) is 23.1. The Morgan fingerprint density at radius 2 is 0.900 bits per heavy atom. The van der Waals surface area contributed by atoms with Gasteiger partial charge in [0.05, 0.1) is 0 Å². The summed E-state index contributed by atoms with van der Waals surface area (Å²) in [7, 11) is 0. The molecule has 0 heterocycles. The molecule has 0 unspecified atom stereocenters. The van der Waals surface area contributed by atoms with Crippen molar-refractivity contribution in [3.05, 3.63) is 70.8 Å². The number of benzene rings is 2. The van der Waals surface area contributed by atoms with Crippen LogP contribution in [-0.2, 0) is 25.7 Å². The molecule has 1 fully saturated rings. The molecule has 0 aromatic heterocycles. The first-order valence-corrected chi connectivity index (χ1v) is 12.9. The fourth-order valence-electron chi connectivity index (χ4n) is 5.13. The summed E-state index contributed by atoms with van der Waals surface area (Å²) in [6.07, 6.45) is 18.8. The van der Waals surface area contributed by atoms with Gasteiger partial charge in [-0.15, -0.1) is 0 Å². The average molecular weight is 405 g/mol. The summed E-state index contributed by atoms with van der Waals surface area (Å²) < 4.78 is 0. The topological polar surface area (TPSA) is 0 Å². The van der Waals surface area contributed by atoms with Gasteiger partial charge in [0.25, 0.3) is 0 Å². The molecule has 0 amide bonds. The van der Waals surface area contributed by atoms with E-state index in [1.54, 1.807) is 11.1 Å². The summed E-state index contributed by atoms with van der Waals surface area (Å²) in [4.78, 5) is 0. The van der Waals surface area contributed by atoms with Gasteiger partial charge in [0.15, 0.2) is 0 Å². The molecule has 0 radical (unpaired) electrons. The van der Waals surface area contributed by atoms with Gasteiger partial charge in [-0.05, 0) is 98.3 Å². The Labute approximate surface area is 186 Å². The Balaban J connectivity index is 1.37. The van der Waals surface area contributed by atoms with Crippen molar-refractivity contribution in [1.29, 1.82) is 0 Å². The monoisotopic (exact) mass is 404 g/mol. The second-order valence-corrected chi connectivity index (χ2v) is 9.84. The minimum Gasteiger partial charge on any atom is -0.0654 e. The van der Waals surface area contributed by atoms with Crippen LogP contribution >= 0.6 is 0 Å². The molecule has 0 saturated heterocycles. The molecule has 0 aliphatic heterocycles. The lowest BCUT2D eigenvalue weighted by atomic mass is 9.77. The van der Waals surface area contributed by atoms with E-state index in [0.717, 1.165) is 11.8 Å². The van der Waals surface area contributed by atoms with Crippen molar-refractivity contribution in [1.82, 2.24) is 0 Å². The maximum atomic E-state index is 2.40. The highest BCUT2D eigenvalue weighted by Gasteiger charge is 2.21. The van der Waals surface area contributed by atoms with Crippen LogP contribution in [0.2, 0.25) is 0 Å². The van der Waals surface area contributed by atoms with Crippen LogP contribution in [0.1, 0.15) is 100 Å². The lowest BCUT2D eigenvalue weighted by Crippen LogP contribution is -2.18. The maximum absolute atomic E-state index is 2.40. The van der Waals surface area contributed by atoms with Gasteiger partial charge in [0, 0.05) is 0 Å². The predicted octanol–water partition coefficient (Wildman–Crippen LogP) is 8.74. The molecule has 0 atom stereocenters. The number of hydrogen-bond donors (Lipinski definition) is 0. The first-order valence-electron chi connectivity index (χ1n) is 12.9. The lowest BCUT2D eigenvalue weighted by Gasteiger charge is -2.28. The van der Waals surface area contributed by atoms with Crippen molar-refractivity contribution in [3.63, 3.8) is 0 Å². The second-order valence-electron chi connectivity index (χ2n) is 9.84. The van der Waals surface area contributed by atoms with E-state index in [2.05, 4.69) is 62.4 Å². The molecule has 0 heteroatoms. The first-order chi connectivity index (χ1) is 14.8. The van der Waals surface area contributed by atoms with E-state index in [0.29, 0.717) is 0 Å². The second kappa shape index (κ2) is 13.0. The molecule has 30 heavy (non-hydrogen) atoms.